The molecule has 0 heterocycles. The molecule has 2 nitrogen and oxygen atoms in total. The van der Waals surface area contributed by atoms with Gasteiger partial charge >= 0.3 is 0 Å². The summed E-state index contributed by atoms with van der Waals surface area (Å²) in [7, 11) is -3.01. The number of aryl methyl sites for hydroxylation is 1. The van der Waals surface area contributed by atoms with Crippen molar-refractivity contribution >= 4 is 9.84 Å². The molecule has 0 amide bonds. The molecule has 2 unspecified atom stereocenters. The normalized spacial score (nSPS) is 15.9. The van der Waals surface area contributed by atoms with Gasteiger partial charge in [-0.3, -0.25) is 0 Å². The molecule has 3 heteroatoms. The van der Waals surface area contributed by atoms with E-state index in [1.165, 1.54) is 11.8 Å². The molecule has 0 saturated carbocycles. The van der Waals surface area contributed by atoms with E-state index >= 15 is 0 Å². The van der Waals surface area contributed by atoms with Crippen LogP contribution >= 0.6 is 0 Å². The Hall–Kier alpha value is -0.830. The van der Waals surface area contributed by atoms with Crippen LogP contribution in [-0.2, 0) is 9.84 Å². The lowest BCUT2D eigenvalue weighted by Crippen LogP contribution is -2.28. The van der Waals surface area contributed by atoms with E-state index in [-0.39, 0.29) is 11.2 Å². The molecule has 17 heavy (non-hydrogen) atoms. The largest absolute Gasteiger partial charge is 0.229 e. The first-order valence-corrected chi connectivity index (χ1v) is 7.94. The third-order valence-corrected chi connectivity index (χ3v) is 5.01. The van der Waals surface area contributed by atoms with Gasteiger partial charge in [-0.1, -0.05) is 43.7 Å². The summed E-state index contributed by atoms with van der Waals surface area (Å²) in [6, 6.07) is 8.17. The summed E-state index contributed by atoms with van der Waals surface area (Å²) in [5.74, 6) is 0.369. The molecule has 0 spiro atoms. The maximum Gasteiger partial charge on any atom is 0.150 e. The van der Waals surface area contributed by atoms with Crippen molar-refractivity contribution < 1.29 is 8.42 Å². The van der Waals surface area contributed by atoms with Crippen molar-refractivity contribution in [3.05, 3.63) is 35.4 Å². The molecule has 96 valence electrons. The molecule has 1 aromatic rings. The van der Waals surface area contributed by atoms with Gasteiger partial charge in [-0.15, -0.1) is 0 Å². The fourth-order valence-corrected chi connectivity index (χ4v) is 3.26. The van der Waals surface area contributed by atoms with Crippen LogP contribution in [0.1, 0.15) is 37.8 Å². The van der Waals surface area contributed by atoms with Crippen LogP contribution in [0, 0.1) is 12.8 Å². The molecule has 0 N–H and O–H groups in total. The van der Waals surface area contributed by atoms with Crippen LogP contribution in [0.3, 0.4) is 0 Å². The fraction of sp³-hybridized carbons (Fsp3) is 0.571. The topological polar surface area (TPSA) is 34.1 Å². The maximum absolute atomic E-state index is 11.7. The Bertz CT molecular complexity index is 458. The molecule has 0 aliphatic carbocycles. The van der Waals surface area contributed by atoms with Crippen LogP contribution in [-0.4, -0.2) is 19.9 Å². The number of hydrogen-bond donors (Lipinski definition) is 0. The van der Waals surface area contributed by atoms with Crippen molar-refractivity contribution in [3.8, 4) is 0 Å². The highest BCUT2D eigenvalue weighted by Crippen LogP contribution is 2.31. The smallest absolute Gasteiger partial charge is 0.150 e. The summed E-state index contributed by atoms with van der Waals surface area (Å²) >= 11 is 0. The zero-order valence-electron chi connectivity index (χ0n) is 11.3. The second-order valence-corrected chi connectivity index (χ2v) is 7.62. The van der Waals surface area contributed by atoms with Crippen molar-refractivity contribution in [1.29, 1.82) is 0 Å². The van der Waals surface area contributed by atoms with Gasteiger partial charge in [-0.2, -0.15) is 0 Å². The predicted molar refractivity (Wildman–Crippen MR) is 73.1 cm³/mol. The van der Waals surface area contributed by atoms with Crippen LogP contribution in [0.4, 0.5) is 0 Å². The van der Waals surface area contributed by atoms with Crippen LogP contribution in [0.5, 0.6) is 0 Å². The minimum absolute atomic E-state index is 0.0607. The molecular formula is C14H22O2S. The molecule has 1 aromatic carbocycles. The summed E-state index contributed by atoms with van der Waals surface area (Å²) in [5, 5.41) is -0.342. The fourth-order valence-electron chi connectivity index (χ4n) is 2.25. The van der Waals surface area contributed by atoms with Crippen LogP contribution in [0.15, 0.2) is 24.3 Å². The molecule has 0 aliphatic rings. The first kappa shape index (κ1) is 14.2. The Morgan fingerprint density at radius 2 is 1.47 bits per heavy atom. The molecule has 0 aliphatic heterocycles. The van der Waals surface area contributed by atoms with Gasteiger partial charge in [0.2, 0.25) is 0 Å². The highest BCUT2D eigenvalue weighted by atomic mass is 32.2. The summed E-state index contributed by atoms with van der Waals surface area (Å²) in [6.07, 6.45) is 1.32. The molecule has 0 radical (unpaired) electrons. The van der Waals surface area contributed by atoms with Crippen molar-refractivity contribution in [2.45, 2.75) is 38.9 Å². The number of rotatable bonds is 4. The van der Waals surface area contributed by atoms with Crippen LogP contribution < -0.4 is 0 Å². The van der Waals surface area contributed by atoms with Crippen LogP contribution in [0.25, 0.3) is 0 Å². The zero-order chi connectivity index (χ0) is 13.2. The van der Waals surface area contributed by atoms with E-state index in [0.717, 1.165) is 5.56 Å². The van der Waals surface area contributed by atoms with Crippen molar-refractivity contribution in [2.24, 2.45) is 5.92 Å². The lowest BCUT2D eigenvalue weighted by atomic mass is 9.86. The Morgan fingerprint density at radius 3 is 1.82 bits per heavy atom. The van der Waals surface area contributed by atoms with Gasteiger partial charge < -0.3 is 0 Å². The second kappa shape index (κ2) is 5.21. The van der Waals surface area contributed by atoms with Crippen LogP contribution in [0.2, 0.25) is 0 Å². The summed E-state index contributed by atoms with van der Waals surface area (Å²) < 4.78 is 23.4. The van der Waals surface area contributed by atoms with Crippen molar-refractivity contribution in [1.82, 2.24) is 0 Å². The van der Waals surface area contributed by atoms with E-state index in [4.69, 9.17) is 0 Å². The van der Waals surface area contributed by atoms with E-state index in [1.54, 1.807) is 6.92 Å². The van der Waals surface area contributed by atoms with E-state index in [2.05, 4.69) is 13.8 Å². The van der Waals surface area contributed by atoms with E-state index in [9.17, 15) is 8.42 Å². The Balaban J connectivity index is 3.14. The van der Waals surface area contributed by atoms with Gasteiger partial charge in [0, 0.05) is 12.2 Å². The van der Waals surface area contributed by atoms with Gasteiger partial charge in [-0.05, 0) is 25.3 Å². The molecular weight excluding hydrogens is 232 g/mol. The monoisotopic (exact) mass is 254 g/mol. The Labute approximate surface area is 105 Å². The lowest BCUT2D eigenvalue weighted by molar-refractivity contribution is 0.473. The van der Waals surface area contributed by atoms with Gasteiger partial charge in [-0.25, -0.2) is 8.42 Å². The number of benzene rings is 1. The zero-order valence-corrected chi connectivity index (χ0v) is 12.1. The predicted octanol–water partition coefficient (Wildman–Crippen LogP) is 3.17. The lowest BCUT2D eigenvalue weighted by Gasteiger charge is -2.26. The van der Waals surface area contributed by atoms with E-state index in [0.29, 0.717) is 5.92 Å². The SMILES string of the molecule is Cc1ccc(C(C(C)C)C(C)S(C)(=O)=O)cc1. The van der Waals surface area contributed by atoms with Gasteiger partial charge in [0.1, 0.15) is 0 Å². The first-order valence-electron chi connectivity index (χ1n) is 5.99. The van der Waals surface area contributed by atoms with Crippen molar-refractivity contribution in [2.75, 3.05) is 6.26 Å². The average molecular weight is 254 g/mol. The number of hydrogen-bond acceptors (Lipinski definition) is 2. The minimum atomic E-state index is -3.01. The van der Waals surface area contributed by atoms with Gasteiger partial charge in [0.05, 0.1) is 5.25 Å². The summed E-state index contributed by atoms with van der Waals surface area (Å²) in [6.45, 7) is 7.99. The molecule has 2 atom stereocenters. The molecule has 0 saturated heterocycles. The molecule has 1 rings (SSSR count). The Kier molecular flexibility index (Phi) is 4.36. The maximum atomic E-state index is 11.7. The molecule has 0 fully saturated rings. The number of sulfone groups is 1. The Morgan fingerprint density at radius 1 is 1.00 bits per heavy atom. The summed E-state index contributed by atoms with van der Waals surface area (Å²) in [4.78, 5) is 0. The highest BCUT2D eigenvalue weighted by Gasteiger charge is 2.29. The molecule has 0 bridgehead atoms. The van der Waals surface area contributed by atoms with E-state index < -0.39 is 9.84 Å². The third kappa shape index (κ3) is 3.56. The molecule has 0 aromatic heterocycles. The first-order chi connectivity index (χ1) is 7.73. The van der Waals surface area contributed by atoms with Gasteiger partial charge in [0.15, 0.2) is 9.84 Å². The summed E-state index contributed by atoms with van der Waals surface area (Å²) in [5.41, 5.74) is 2.31. The van der Waals surface area contributed by atoms with Gasteiger partial charge in [0.25, 0.3) is 0 Å². The quantitative estimate of drug-likeness (QED) is 0.827. The van der Waals surface area contributed by atoms with E-state index in [1.807, 2.05) is 31.2 Å². The average Bonchev–Trinajstić information content (AvgIpc) is 2.19. The van der Waals surface area contributed by atoms with Crippen molar-refractivity contribution in [3.63, 3.8) is 0 Å². The highest BCUT2D eigenvalue weighted by molar-refractivity contribution is 7.91. The second-order valence-electron chi connectivity index (χ2n) is 5.22. The standard InChI is InChI=1S/C14H22O2S/c1-10(2)14(12(4)17(5,15)16)13-8-6-11(3)7-9-13/h6-10,12,14H,1-5H3. The third-order valence-electron chi connectivity index (χ3n) is 3.36. The minimum Gasteiger partial charge on any atom is -0.229 e.